The lowest BCUT2D eigenvalue weighted by Gasteiger charge is -2.16. The number of nitrogens with zero attached hydrogens (tertiary/aromatic N) is 2. The number of likely N-dealkylation sites (N-methyl/N-ethyl adjacent to an activating group) is 1. The molecule has 1 atom stereocenters. The van der Waals surface area contributed by atoms with Crippen LogP contribution in [0.4, 0.5) is 11.6 Å². The van der Waals surface area contributed by atoms with Gasteiger partial charge in [-0.05, 0) is 13.3 Å². The monoisotopic (exact) mass is 279 g/mol. The molecule has 1 aromatic heterocycles. The van der Waals surface area contributed by atoms with Gasteiger partial charge in [-0.25, -0.2) is 9.97 Å². The standard InChI is InChI=1S/C14H25N5O/c1-6-7-16-11-8-12(17-10(4)14(20)15-5)19-13(18-11)9(2)3/h8-10H,6-7H2,1-5H3,(H,15,20)(H2,16,17,18,19). The Morgan fingerprint density at radius 1 is 1.25 bits per heavy atom. The van der Waals surface area contributed by atoms with E-state index in [2.05, 4.69) is 32.8 Å². The van der Waals surface area contributed by atoms with E-state index < -0.39 is 0 Å². The molecule has 0 aliphatic carbocycles. The minimum absolute atomic E-state index is 0.0715. The van der Waals surface area contributed by atoms with Crippen LogP contribution in [0.15, 0.2) is 6.07 Å². The summed E-state index contributed by atoms with van der Waals surface area (Å²) < 4.78 is 0. The zero-order valence-corrected chi connectivity index (χ0v) is 12.9. The second-order valence-corrected chi connectivity index (χ2v) is 5.06. The molecule has 0 saturated carbocycles. The summed E-state index contributed by atoms with van der Waals surface area (Å²) in [6.07, 6.45) is 1.03. The van der Waals surface area contributed by atoms with Crippen molar-refractivity contribution in [3.63, 3.8) is 0 Å². The minimum atomic E-state index is -0.339. The Kier molecular flexibility index (Phi) is 6.21. The zero-order chi connectivity index (χ0) is 15.1. The Morgan fingerprint density at radius 2 is 1.90 bits per heavy atom. The maximum Gasteiger partial charge on any atom is 0.241 e. The maximum absolute atomic E-state index is 11.6. The molecule has 0 aliphatic rings. The first-order valence-corrected chi connectivity index (χ1v) is 7.08. The molecular weight excluding hydrogens is 254 g/mol. The molecule has 0 saturated heterocycles. The van der Waals surface area contributed by atoms with Gasteiger partial charge in [0.05, 0.1) is 0 Å². The largest absolute Gasteiger partial charge is 0.370 e. The summed E-state index contributed by atoms with van der Waals surface area (Å²) in [6.45, 7) is 8.86. The topological polar surface area (TPSA) is 78.9 Å². The summed E-state index contributed by atoms with van der Waals surface area (Å²) in [4.78, 5) is 20.5. The van der Waals surface area contributed by atoms with Gasteiger partial charge in [-0.1, -0.05) is 20.8 Å². The third-order valence-corrected chi connectivity index (χ3v) is 2.82. The van der Waals surface area contributed by atoms with Gasteiger partial charge in [0.25, 0.3) is 0 Å². The molecule has 1 unspecified atom stereocenters. The molecule has 6 nitrogen and oxygen atoms in total. The number of nitrogens with one attached hydrogen (secondary N) is 3. The van der Waals surface area contributed by atoms with Crippen molar-refractivity contribution in [3.05, 3.63) is 11.9 Å². The lowest BCUT2D eigenvalue weighted by Crippen LogP contribution is -2.35. The molecule has 112 valence electrons. The minimum Gasteiger partial charge on any atom is -0.370 e. The summed E-state index contributed by atoms with van der Waals surface area (Å²) in [5, 5.41) is 8.97. The molecule has 1 rings (SSSR count). The van der Waals surface area contributed by atoms with Crippen molar-refractivity contribution in [3.8, 4) is 0 Å². The lowest BCUT2D eigenvalue weighted by atomic mass is 10.2. The second-order valence-electron chi connectivity index (χ2n) is 5.06. The van der Waals surface area contributed by atoms with Gasteiger partial charge in [0.15, 0.2) is 0 Å². The lowest BCUT2D eigenvalue weighted by molar-refractivity contribution is -0.121. The number of hydrogen-bond acceptors (Lipinski definition) is 5. The van der Waals surface area contributed by atoms with Crippen molar-refractivity contribution < 1.29 is 4.79 Å². The second kappa shape index (κ2) is 7.67. The third kappa shape index (κ3) is 4.68. The van der Waals surface area contributed by atoms with E-state index in [9.17, 15) is 4.79 Å². The van der Waals surface area contributed by atoms with E-state index in [-0.39, 0.29) is 17.9 Å². The molecule has 1 aromatic rings. The molecule has 0 fully saturated rings. The molecule has 0 aliphatic heterocycles. The molecule has 3 N–H and O–H groups in total. The van der Waals surface area contributed by atoms with Gasteiger partial charge in [0, 0.05) is 25.6 Å². The van der Waals surface area contributed by atoms with Crippen LogP contribution in [-0.4, -0.2) is 35.5 Å². The molecule has 6 heteroatoms. The molecule has 0 bridgehead atoms. The average Bonchev–Trinajstić information content (AvgIpc) is 2.43. The summed E-state index contributed by atoms with van der Waals surface area (Å²) in [5.41, 5.74) is 0. The first kappa shape index (κ1) is 16.2. The number of anilines is 2. The van der Waals surface area contributed by atoms with Crippen LogP contribution in [-0.2, 0) is 4.79 Å². The SMILES string of the molecule is CCCNc1cc(NC(C)C(=O)NC)nc(C(C)C)n1. The maximum atomic E-state index is 11.6. The van der Waals surface area contributed by atoms with Crippen molar-refractivity contribution in [1.29, 1.82) is 0 Å². The molecule has 1 amide bonds. The summed E-state index contributed by atoms with van der Waals surface area (Å²) in [7, 11) is 1.62. The van der Waals surface area contributed by atoms with E-state index >= 15 is 0 Å². The highest BCUT2D eigenvalue weighted by Crippen LogP contribution is 2.17. The van der Waals surface area contributed by atoms with Crippen LogP contribution >= 0.6 is 0 Å². The van der Waals surface area contributed by atoms with Gasteiger partial charge in [-0.15, -0.1) is 0 Å². The van der Waals surface area contributed by atoms with Crippen LogP contribution in [0.5, 0.6) is 0 Å². The Bertz CT molecular complexity index is 447. The first-order chi connectivity index (χ1) is 9.47. The van der Waals surface area contributed by atoms with Crippen LogP contribution in [0.25, 0.3) is 0 Å². The Balaban J connectivity index is 2.93. The quantitative estimate of drug-likeness (QED) is 0.711. The van der Waals surface area contributed by atoms with Gasteiger partial charge < -0.3 is 16.0 Å². The predicted octanol–water partition coefficient (Wildman–Crippen LogP) is 1.97. The van der Waals surface area contributed by atoms with Crippen LogP contribution < -0.4 is 16.0 Å². The van der Waals surface area contributed by atoms with E-state index in [1.165, 1.54) is 0 Å². The van der Waals surface area contributed by atoms with Crippen molar-refractivity contribution in [2.75, 3.05) is 24.2 Å². The normalized spacial score (nSPS) is 12.1. The van der Waals surface area contributed by atoms with Gasteiger partial charge >= 0.3 is 0 Å². The fourth-order valence-corrected chi connectivity index (χ4v) is 1.65. The van der Waals surface area contributed by atoms with Gasteiger partial charge in [-0.3, -0.25) is 4.79 Å². The summed E-state index contributed by atoms with van der Waals surface area (Å²) in [6, 6.07) is 1.50. The van der Waals surface area contributed by atoms with Crippen molar-refractivity contribution in [2.45, 2.75) is 46.1 Å². The highest BCUT2D eigenvalue weighted by Gasteiger charge is 2.13. The van der Waals surface area contributed by atoms with E-state index in [1.54, 1.807) is 14.0 Å². The first-order valence-electron chi connectivity index (χ1n) is 7.08. The smallest absolute Gasteiger partial charge is 0.241 e. The molecule has 20 heavy (non-hydrogen) atoms. The fourth-order valence-electron chi connectivity index (χ4n) is 1.65. The number of hydrogen-bond donors (Lipinski definition) is 3. The van der Waals surface area contributed by atoms with Gasteiger partial charge in [0.1, 0.15) is 23.5 Å². The van der Waals surface area contributed by atoms with E-state index in [4.69, 9.17) is 0 Å². The molecule has 1 heterocycles. The number of carbonyl (C=O) groups excluding carboxylic acids is 1. The van der Waals surface area contributed by atoms with Crippen molar-refractivity contribution in [1.82, 2.24) is 15.3 Å². The summed E-state index contributed by atoms with van der Waals surface area (Å²) in [5.74, 6) is 2.38. The number of aromatic nitrogens is 2. The number of rotatable bonds is 7. The Morgan fingerprint density at radius 3 is 2.45 bits per heavy atom. The fraction of sp³-hybridized carbons (Fsp3) is 0.643. The van der Waals surface area contributed by atoms with Crippen LogP contribution in [0.2, 0.25) is 0 Å². The molecule has 0 radical (unpaired) electrons. The molecule has 0 aromatic carbocycles. The average molecular weight is 279 g/mol. The van der Waals surface area contributed by atoms with E-state index in [1.807, 2.05) is 19.9 Å². The van der Waals surface area contributed by atoms with Crippen molar-refractivity contribution in [2.24, 2.45) is 0 Å². The van der Waals surface area contributed by atoms with Crippen LogP contribution in [0.1, 0.15) is 45.9 Å². The van der Waals surface area contributed by atoms with Gasteiger partial charge in [0.2, 0.25) is 5.91 Å². The van der Waals surface area contributed by atoms with Crippen molar-refractivity contribution >= 4 is 17.5 Å². The van der Waals surface area contributed by atoms with E-state index in [0.717, 1.165) is 24.6 Å². The number of carbonyl (C=O) groups is 1. The highest BCUT2D eigenvalue weighted by atomic mass is 16.2. The summed E-state index contributed by atoms with van der Waals surface area (Å²) >= 11 is 0. The predicted molar refractivity (Wildman–Crippen MR) is 82.1 cm³/mol. The zero-order valence-electron chi connectivity index (χ0n) is 12.9. The van der Waals surface area contributed by atoms with E-state index in [0.29, 0.717) is 5.82 Å². The Hall–Kier alpha value is -1.85. The molecular formula is C14H25N5O. The van der Waals surface area contributed by atoms with Crippen LogP contribution in [0.3, 0.4) is 0 Å². The highest BCUT2D eigenvalue weighted by molar-refractivity contribution is 5.83. The van der Waals surface area contributed by atoms with Gasteiger partial charge in [-0.2, -0.15) is 0 Å². The Labute approximate surface area is 120 Å². The molecule has 0 spiro atoms. The number of amides is 1. The van der Waals surface area contributed by atoms with Crippen LogP contribution in [0, 0.1) is 0 Å². The third-order valence-electron chi connectivity index (χ3n) is 2.82.